The van der Waals surface area contributed by atoms with Crippen LogP contribution >= 0.6 is 45.8 Å². The molecule has 2 nitrogen and oxygen atoms in total. The minimum absolute atomic E-state index is 0.120. The topological polar surface area (TPSA) is 22.4 Å². The summed E-state index contributed by atoms with van der Waals surface area (Å²) in [5, 5.41) is 7.00. The maximum Gasteiger partial charge on any atom is 0.134 e. The van der Waals surface area contributed by atoms with E-state index in [-0.39, 0.29) is 22.2 Å². The molecule has 0 spiro atoms. The predicted octanol–water partition coefficient (Wildman–Crippen LogP) is 9.86. The fourth-order valence-electron chi connectivity index (χ4n) is 7.10. The van der Waals surface area contributed by atoms with E-state index < -0.39 is 0 Å². The standard InChI is InChI=1S/C33H28O2S4/c1-3-11-26-22(8-1)18-27(35-26)25-21-38-32(20-24-10-6-16-36-24,31-19-23-9-2-4-12-28(23)39-31)33(25,29-13-5-15-34-29)30-14-7-17-37-30/h1-4,6-12,14,16-19,25,29H,5,13,15,20-21H2. The van der Waals surface area contributed by atoms with Crippen molar-refractivity contribution in [3.05, 3.63) is 116 Å². The molecule has 2 aliphatic rings. The highest BCUT2D eigenvalue weighted by Gasteiger charge is 2.68. The second-order valence-corrected chi connectivity index (χ2v) is 15.0. The van der Waals surface area contributed by atoms with Crippen molar-refractivity contribution in [3.8, 4) is 0 Å². The van der Waals surface area contributed by atoms with Crippen LogP contribution in [0.1, 0.15) is 39.2 Å². The van der Waals surface area contributed by atoms with Crippen LogP contribution < -0.4 is 0 Å². The molecule has 8 rings (SSSR count). The van der Waals surface area contributed by atoms with E-state index in [1.807, 2.05) is 34.0 Å². The summed E-state index contributed by atoms with van der Waals surface area (Å²) >= 11 is 7.91. The lowest BCUT2D eigenvalue weighted by Gasteiger charge is -2.50. The number of hydrogen-bond donors (Lipinski definition) is 0. The minimum atomic E-state index is -0.263. The molecular weight excluding hydrogens is 557 g/mol. The molecule has 0 radical (unpaired) electrons. The molecule has 6 heteroatoms. The lowest BCUT2D eigenvalue weighted by molar-refractivity contribution is 0.0139. The highest BCUT2D eigenvalue weighted by molar-refractivity contribution is 8.00. The zero-order chi connectivity index (χ0) is 25.9. The third kappa shape index (κ3) is 3.69. The average molecular weight is 585 g/mol. The Balaban J connectivity index is 1.44. The van der Waals surface area contributed by atoms with E-state index in [0.717, 1.165) is 43.0 Å². The Hall–Kier alpha value is -2.35. The molecule has 2 saturated heterocycles. The molecule has 4 aromatic heterocycles. The summed E-state index contributed by atoms with van der Waals surface area (Å²) < 4.78 is 14.7. The largest absolute Gasteiger partial charge is 0.461 e. The van der Waals surface area contributed by atoms with Gasteiger partial charge in [-0.1, -0.05) is 48.5 Å². The number of benzene rings is 2. The van der Waals surface area contributed by atoms with Crippen LogP contribution in [-0.4, -0.2) is 18.5 Å². The highest BCUT2D eigenvalue weighted by atomic mass is 32.2. The van der Waals surface area contributed by atoms with Crippen LogP contribution in [0.2, 0.25) is 0 Å². The van der Waals surface area contributed by atoms with E-state index in [0.29, 0.717) is 0 Å². The Bertz CT molecular complexity index is 1660. The quantitative estimate of drug-likeness (QED) is 0.195. The molecule has 2 aromatic carbocycles. The third-order valence-electron chi connectivity index (χ3n) is 8.70. The van der Waals surface area contributed by atoms with Crippen molar-refractivity contribution >= 4 is 66.8 Å². The summed E-state index contributed by atoms with van der Waals surface area (Å²) in [5.41, 5.74) is 0.712. The van der Waals surface area contributed by atoms with Gasteiger partial charge in [-0.25, -0.2) is 0 Å². The molecule has 6 heterocycles. The molecule has 2 fully saturated rings. The maximum atomic E-state index is 6.82. The van der Waals surface area contributed by atoms with Gasteiger partial charge in [0.1, 0.15) is 11.3 Å². The molecule has 0 aliphatic carbocycles. The Morgan fingerprint density at radius 3 is 2.44 bits per heavy atom. The molecule has 196 valence electrons. The van der Waals surface area contributed by atoms with Crippen LogP contribution in [0.25, 0.3) is 21.1 Å². The molecular formula is C33H28O2S4. The van der Waals surface area contributed by atoms with Crippen LogP contribution in [0.5, 0.6) is 0 Å². The summed E-state index contributed by atoms with van der Waals surface area (Å²) in [7, 11) is 0. The van der Waals surface area contributed by atoms with Crippen molar-refractivity contribution in [1.82, 2.24) is 0 Å². The van der Waals surface area contributed by atoms with Gasteiger partial charge in [-0.2, -0.15) is 0 Å². The Labute approximate surface area is 244 Å². The second kappa shape index (κ2) is 9.64. The van der Waals surface area contributed by atoms with Crippen molar-refractivity contribution in [1.29, 1.82) is 0 Å². The Morgan fingerprint density at radius 2 is 1.67 bits per heavy atom. The first-order chi connectivity index (χ1) is 19.3. The number of thiophene rings is 3. The number of furan rings is 1. The average Bonchev–Trinajstić information content (AvgIpc) is 3.81. The molecule has 6 aromatic rings. The van der Waals surface area contributed by atoms with Crippen LogP contribution in [0, 0.1) is 0 Å². The van der Waals surface area contributed by atoms with E-state index in [1.54, 1.807) is 0 Å². The van der Waals surface area contributed by atoms with Gasteiger partial charge in [0.25, 0.3) is 0 Å². The molecule has 0 bridgehead atoms. The third-order valence-corrected chi connectivity index (χ3v) is 13.7. The van der Waals surface area contributed by atoms with Crippen molar-refractivity contribution in [2.24, 2.45) is 0 Å². The summed E-state index contributed by atoms with van der Waals surface area (Å²) in [6.07, 6.45) is 3.29. The van der Waals surface area contributed by atoms with Crippen LogP contribution in [0.4, 0.5) is 0 Å². The summed E-state index contributed by atoms with van der Waals surface area (Å²) in [6, 6.07) is 31.3. The SMILES string of the molecule is c1csc(CC2(c3cc4ccccc4s3)SCC(c3cc4ccccc4o3)C2(c2cccs2)C2CCCO2)c1. The Morgan fingerprint density at radius 1 is 0.821 bits per heavy atom. The number of rotatable bonds is 6. The van der Waals surface area contributed by atoms with Crippen LogP contribution in [-0.2, 0) is 21.3 Å². The number of fused-ring (bicyclic) bond motifs is 2. The fourth-order valence-corrected chi connectivity index (χ4v) is 12.6. The summed E-state index contributed by atoms with van der Waals surface area (Å²) in [5.74, 6) is 2.29. The Kier molecular flexibility index (Phi) is 6.04. The molecule has 4 atom stereocenters. The molecule has 4 unspecified atom stereocenters. The van der Waals surface area contributed by atoms with Gasteiger partial charge in [-0.15, -0.1) is 45.8 Å². The van der Waals surface area contributed by atoms with Crippen molar-refractivity contribution in [2.45, 2.75) is 41.4 Å². The van der Waals surface area contributed by atoms with Crippen LogP contribution in [0.3, 0.4) is 0 Å². The van der Waals surface area contributed by atoms with Crippen molar-refractivity contribution in [2.75, 3.05) is 12.4 Å². The fraction of sp³-hybridized carbons (Fsp3) is 0.273. The minimum Gasteiger partial charge on any atom is -0.461 e. The zero-order valence-corrected chi connectivity index (χ0v) is 24.6. The molecule has 2 aliphatic heterocycles. The first kappa shape index (κ1) is 24.4. The van der Waals surface area contributed by atoms with E-state index in [1.165, 1.54) is 30.1 Å². The van der Waals surface area contributed by atoms with E-state index in [2.05, 4.69) is 107 Å². The van der Waals surface area contributed by atoms with Gasteiger partial charge in [0.15, 0.2) is 0 Å². The van der Waals surface area contributed by atoms with Gasteiger partial charge in [-0.05, 0) is 65.4 Å². The first-order valence-corrected chi connectivity index (χ1v) is 17.1. The number of ether oxygens (including phenoxy) is 1. The number of para-hydroxylation sites is 1. The van der Waals surface area contributed by atoms with E-state index in [4.69, 9.17) is 9.15 Å². The van der Waals surface area contributed by atoms with Crippen LogP contribution in [0.15, 0.2) is 100 Å². The maximum absolute atomic E-state index is 6.82. The molecule has 39 heavy (non-hydrogen) atoms. The van der Waals surface area contributed by atoms with Gasteiger partial charge < -0.3 is 9.15 Å². The van der Waals surface area contributed by atoms with Crippen molar-refractivity contribution in [3.63, 3.8) is 0 Å². The zero-order valence-electron chi connectivity index (χ0n) is 21.4. The van der Waals surface area contributed by atoms with Gasteiger partial charge in [0.05, 0.1) is 16.3 Å². The van der Waals surface area contributed by atoms with Gasteiger partial charge in [0, 0.05) is 49.4 Å². The highest BCUT2D eigenvalue weighted by Crippen LogP contribution is 2.70. The summed E-state index contributed by atoms with van der Waals surface area (Å²) in [6.45, 7) is 0.830. The number of hydrogen-bond acceptors (Lipinski definition) is 6. The van der Waals surface area contributed by atoms with Crippen molar-refractivity contribution < 1.29 is 9.15 Å². The molecule has 0 saturated carbocycles. The molecule has 0 N–H and O–H groups in total. The lowest BCUT2D eigenvalue weighted by atomic mass is 9.59. The van der Waals surface area contributed by atoms with E-state index in [9.17, 15) is 0 Å². The van der Waals surface area contributed by atoms with Gasteiger partial charge in [-0.3, -0.25) is 0 Å². The smallest absolute Gasteiger partial charge is 0.134 e. The normalized spacial score (nSPS) is 27.2. The predicted molar refractivity (Wildman–Crippen MR) is 168 cm³/mol. The van der Waals surface area contributed by atoms with E-state index >= 15 is 0 Å². The first-order valence-electron chi connectivity index (χ1n) is 13.6. The van der Waals surface area contributed by atoms with Gasteiger partial charge in [0.2, 0.25) is 0 Å². The van der Waals surface area contributed by atoms with Gasteiger partial charge >= 0.3 is 0 Å². The summed E-state index contributed by atoms with van der Waals surface area (Å²) in [4.78, 5) is 4.33. The lowest BCUT2D eigenvalue weighted by Crippen LogP contribution is -2.55. The monoisotopic (exact) mass is 584 g/mol. The second-order valence-electron chi connectivity index (χ2n) is 10.6. The number of thioether (sulfide) groups is 1. The molecule has 0 amide bonds.